The first-order chi connectivity index (χ1) is 6.16. The number of hydrogen-bond donors (Lipinski definition) is 1. The SMILES string of the molecule is CCCCCCOC(C)CC(C)N. The molecule has 0 spiro atoms. The van der Waals surface area contributed by atoms with Crippen LogP contribution in [-0.4, -0.2) is 18.8 Å². The van der Waals surface area contributed by atoms with Crippen molar-refractivity contribution in [2.45, 2.75) is 65.0 Å². The number of rotatable bonds is 8. The van der Waals surface area contributed by atoms with Crippen molar-refractivity contribution in [1.82, 2.24) is 0 Å². The van der Waals surface area contributed by atoms with E-state index >= 15 is 0 Å². The van der Waals surface area contributed by atoms with Gasteiger partial charge in [-0.15, -0.1) is 0 Å². The summed E-state index contributed by atoms with van der Waals surface area (Å²) in [6.07, 6.45) is 6.38. The second-order valence-electron chi connectivity index (χ2n) is 3.96. The molecule has 0 saturated carbocycles. The Morgan fingerprint density at radius 1 is 1.15 bits per heavy atom. The van der Waals surface area contributed by atoms with Crippen LogP contribution in [0.5, 0.6) is 0 Å². The standard InChI is InChI=1S/C11H25NO/c1-4-5-6-7-8-13-11(3)9-10(2)12/h10-11H,4-9,12H2,1-3H3. The van der Waals surface area contributed by atoms with E-state index in [1.807, 2.05) is 6.92 Å². The molecule has 0 aromatic heterocycles. The quantitative estimate of drug-likeness (QED) is 0.593. The average molecular weight is 187 g/mol. The number of ether oxygens (including phenoxy) is 1. The fraction of sp³-hybridized carbons (Fsp3) is 1.00. The highest BCUT2D eigenvalue weighted by Crippen LogP contribution is 2.04. The lowest BCUT2D eigenvalue weighted by Crippen LogP contribution is -2.23. The van der Waals surface area contributed by atoms with Gasteiger partial charge in [-0.3, -0.25) is 0 Å². The summed E-state index contributed by atoms with van der Waals surface area (Å²) in [5, 5.41) is 0. The lowest BCUT2D eigenvalue weighted by molar-refractivity contribution is 0.0542. The summed E-state index contributed by atoms with van der Waals surface area (Å²) < 4.78 is 5.62. The van der Waals surface area contributed by atoms with E-state index in [4.69, 9.17) is 10.5 Å². The highest BCUT2D eigenvalue weighted by molar-refractivity contribution is 4.59. The molecule has 0 aliphatic carbocycles. The van der Waals surface area contributed by atoms with E-state index in [1.165, 1.54) is 25.7 Å². The van der Waals surface area contributed by atoms with Crippen molar-refractivity contribution < 1.29 is 4.74 Å². The van der Waals surface area contributed by atoms with Gasteiger partial charge in [0, 0.05) is 12.6 Å². The molecule has 0 bridgehead atoms. The van der Waals surface area contributed by atoms with Crippen molar-refractivity contribution in [2.24, 2.45) is 5.73 Å². The highest BCUT2D eigenvalue weighted by Gasteiger charge is 2.04. The smallest absolute Gasteiger partial charge is 0.0561 e. The molecule has 80 valence electrons. The summed E-state index contributed by atoms with van der Waals surface area (Å²) in [5.41, 5.74) is 5.67. The molecule has 0 fully saturated rings. The molecule has 2 atom stereocenters. The van der Waals surface area contributed by atoms with E-state index in [0.717, 1.165) is 13.0 Å². The first-order valence-corrected chi connectivity index (χ1v) is 5.54. The minimum absolute atomic E-state index is 0.255. The molecule has 2 N–H and O–H groups in total. The predicted molar refractivity (Wildman–Crippen MR) is 57.8 cm³/mol. The maximum absolute atomic E-state index is 5.67. The topological polar surface area (TPSA) is 35.2 Å². The molecule has 2 nitrogen and oxygen atoms in total. The predicted octanol–water partition coefficient (Wildman–Crippen LogP) is 2.71. The molecule has 2 unspecified atom stereocenters. The van der Waals surface area contributed by atoms with Crippen LogP contribution < -0.4 is 5.73 Å². The lowest BCUT2D eigenvalue weighted by Gasteiger charge is -2.14. The third kappa shape index (κ3) is 9.84. The maximum atomic E-state index is 5.67. The maximum Gasteiger partial charge on any atom is 0.0561 e. The number of hydrogen-bond acceptors (Lipinski definition) is 2. The van der Waals surface area contributed by atoms with Crippen molar-refractivity contribution in [3.8, 4) is 0 Å². The van der Waals surface area contributed by atoms with E-state index < -0.39 is 0 Å². The Labute approximate surface area is 82.8 Å². The fourth-order valence-electron chi connectivity index (χ4n) is 1.40. The Morgan fingerprint density at radius 3 is 2.38 bits per heavy atom. The molecule has 0 radical (unpaired) electrons. The van der Waals surface area contributed by atoms with Gasteiger partial charge in [-0.2, -0.15) is 0 Å². The summed E-state index contributed by atoms with van der Waals surface area (Å²) in [5.74, 6) is 0. The van der Waals surface area contributed by atoms with Crippen LogP contribution in [-0.2, 0) is 4.74 Å². The van der Waals surface area contributed by atoms with Crippen molar-refractivity contribution >= 4 is 0 Å². The van der Waals surface area contributed by atoms with Crippen LogP contribution in [0.15, 0.2) is 0 Å². The Hall–Kier alpha value is -0.0800. The minimum Gasteiger partial charge on any atom is -0.378 e. The van der Waals surface area contributed by atoms with Crippen molar-refractivity contribution in [2.75, 3.05) is 6.61 Å². The molecule has 2 heteroatoms. The largest absolute Gasteiger partial charge is 0.378 e. The van der Waals surface area contributed by atoms with Crippen LogP contribution in [0.4, 0.5) is 0 Å². The highest BCUT2D eigenvalue weighted by atomic mass is 16.5. The Kier molecular flexibility index (Phi) is 8.46. The summed E-state index contributed by atoms with van der Waals surface area (Å²) in [7, 11) is 0. The van der Waals surface area contributed by atoms with Crippen molar-refractivity contribution in [3.63, 3.8) is 0 Å². The first-order valence-electron chi connectivity index (χ1n) is 5.54. The molecule has 0 rings (SSSR count). The molecule has 0 saturated heterocycles. The summed E-state index contributed by atoms with van der Waals surface area (Å²) in [6, 6.07) is 0.255. The molecule has 0 aromatic rings. The Morgan fingerprint density at radius 2 is 1.85 bits per heavy atom. The number of unbranched alkanes of at least 4 members (excludes halogenated alkanes) is 3. The first kappa shape index (κ1) is 12.9. The molecule has 0 aromatic carbocycles. The third-order valence-electron chi connectivity index (χ3n) is 2.10. The molecule has 0 aliphatic rings. The Bertz CT molecular complexity index is 104. The summed E-state index contributed by atoms with van der Waals surface area (Å²) >= 11 is 0. The molecular weight excluding hydrogens is 162 g/mol. The molecular formula is C11H25NO. The van der Waals surface area contributed by atoms with Gasteiger partial charge in [-0.25, -0.2) is 0 Å². The van der Waals surface area contributed by atoms with Crippen LogP contribution in [0.3, 0.4) is 0 Å². The minimum atomic E-state index is 0.255. The molecule has 0 aliphatic heterocycles. The zero-order valence-corrected chi connectivity index (χ0v) is 9.38. The summed E-state index contributed by atoms with van der Waals surface area (Å²) in [6.45, 7) is 7.24. The normalized spacial score (nSPS) is 15.7. The van der Waals surface area contributed by atoms with Crippen LogP contribution in [0.1, 0.15) is 52.9 Å². The van der Waals surface area contributed by atoms with Crippen molar-refractivity contribution in [3.05, 3.63) is 0 Å². The van der Waals surface area contributed by atoms with Crippen LogP contribution in [0.2, 0.25) is 0 Å². The third-order valence-corrected chi connectivity index (χ3v) is 2.10. The van der Waals surface area contributed by atoms with E-state index in [9.17, 15) is 0 Å². The van der Waals surface area contributed by atoms with E-state index in [0.29, 0.717) is 6.10 Å². The molecule has 0 amide bonds. The Balaban J connectivity index is 3.12. The van der Waals surface area contributed by atoms with E-state index in [-0.39, 0.29) is 6.04 Å². The second-order valence-corrected chi connectivity index (χ2v) is 3.96. The zero-order chi connectivity index (χ0) is 10.1. The number of nitrogens with two attached hydrogens (primary N) is 1. The monoisotopic (exact) mass is 187 g/mol. The van der Waals surface area contributed by atoms with Gasteiger partial charge < -0.3 is 10.5 Å². The van der Waals surface area contributed by atoms with E-state index in [2.05, 4.69) is 13.8 Å². The van der Waals surface area contributed by atoms with Gasteiger partial charge in [-0.05, 0) is 26.7 Å². The van der Waals surface area contributed by atoms with Gasteiger partial charge in [0.2, 0.25) is 0 Å². The van der Waals surface area contributed by atoms with Gasteiger partial charge in [-0.1, -0.05) is 26.2 Å². The van der Waals surface area contributed by atoms with Crippen LogP contribution >= 0.6 is 0 Å². The van der Waals surface area contributed by atoms with Crippen LogP contribution in [0.25, 0.3) is 0 Å². The fourth-order valence-corrected chi connectivity index (χ4v) is 1.40. The van der Waals surface area contributed by atoms with Crippen molar-refractivity contribution in [1.29, 1.82) is 0 Å². The van der Waals surface area contributed by atoms with Gasteiger partial charge in [0.1, 0.15) is 0 Å². The van der Waals surface area contributed by atoms with E-state index in [1.54, 1.807) is 0 Å². The van der Waals surface area contributed by atoms with Gasteiger partial charge in [0.25, 0.3) is 0 Å². The lowest BCUT2D eigenvalue weighted by atomic mass is 10.2. The van der Waals surface area contributed by atoms with Gasteiger partial charge in [0.15, 0.2) is 0 Å². The summed E-state index contributed by atoms with van der Waals surface area (Å²) in [4.78, 5) is 0. The van der Waals surface area contributed by atoms with Crippen LogP contribution in [0, 0.1) is 0 Å². The zero-order valence-electron chi connectivity index (χ0n) is 9.38. The van der Waals surface area contributed by atoms with Gasteiger partial charge >= 0.3 is 0 Å². The second kappa shape index (κ2) is 8.52. The van der Waals surface area contributed by atoms with Gasteiger partial charge in [0.05, 0.1) is 6.10 Å². The molecule has 0 heterocycles. The molecule has 13 heavy (non-hydrogen) atoms. The average Bonchev–Trinajstić information content (AvgIpc) is 2.02.